The molecule has 0 aliphatic carbocycles. The third kappa shape index (κ3) is 3.85. The van der Waals surface area contributed by atoms with Crippen LogP contribution in [0.3, 0.4) is 0 Å². The largest absolute Gasteiger partial charge is 0.469 e. The van der Waals surface area contributed by atoms with Crippen LogP contribution in [0.1, 0.15) is 24.1 Å². The summed E-state index contributed by atoms with van der Waals surface area (Å²) in [5, 5.41) is 1.09. The highest BCUT2D eigenvalue weighted by atomic mass is 35.5. The lowest BCUT2D eigenvalue weighted by atomic mass is 10.3. The van der Waals surface area contributed by atoms with E-state index >= 15 is 0 Å². The number of hydrogen-bond acceptors (Lipinski definition) is 5. The molecule has 0 spiro atoms. The predicted molar refractivity (Wildman–Crippen MR) is 71.1 cm³/mol. The van der Waals surface area contributed by atoms with Crippen molar-refractivity contribution in [2.75, 3.05) is 25.1 Å². The molecule has 6 heteroatoms. The molecule has 0 saturated carbocycles. The number of aryl methyl sites for hydroxylation is 1. The summed E-state index contributed by atoms with van der Waals surface area (Å²) in [7, 11) is 1.42. The highest BCUT2D eigenvalue weighted by Gasteiger charge is 2.15. The van der Waals surface area contributed by atoms with Gasteiger partial charge in [-0.05, 0) is 19.3 Å². The van der Waals surface area contributed by atoms with Gasteiger partial charge in [0.15, 0.2) is 5.13 Å². The zero-order chi connectivity index (χ0) is 11.4. The summed E-state index contributed by atoms with van der Waals surface area (Å²) < 4.78 is 4.61. The molecule has 17 heavy (non-hydrogen) atoms. The molecule has 0 amide bonds. The summed E-state index contributed by atoms with van der Waals surface area (Å²) >= 11 is 1.69. The number of halogens is 1. The van der Waals surface area contributed by atoms with Crippen molar-refractivity contribution in [3.8, 4) is 0 Å². The van der Waals surface area contributed by atoms with Gasteiger partial charge in [0.2, 0.25) is 0 Å². The molecule has 96 valence electrons. The second kappa shape index (κ2) is 6.81. The minimum Gasteiger partial charge on any atom is -0.469 e. The molecule has 0 atom stereocenters. The van der Waals surface area contributed by atoms with E-state index in [0.717, 1.165) is 29.5 Å². The standard InChI is InChI=1S/C11H16N2O2S.ClH/c1-15-10(14)5-4-9-8-12-11(16-9)13-6-2-3-7-13;/h8H,2-7H2,1H3;1H. The Morgan fingerprint density at radius 2 is 2.24 bits per heavy atom. The van der Waals surface area contributed by atoms with E-state index in [9.17, 15) is 4.79 Å². The molecule has 1 aromatic heterocycles. The van der Waals surface area contributed by atoms with Gasteiger partial charge in [-0.1, -0.05) is 0 Å². The van der Waals surface area contributed by atoms with Crippen LogP contribution >= 0.6 is 23.7 Å². The van der Waals surface area contributed by atoms with E-state index in [0.29, 0.717) is 6.42 Å². The maximum absolute atomic E-state index is 11.0. The molecule has 1 aliphatic rings. The average Bonchev–Trinajstić information content (AvgIpc) is 2.95. The summed E-state index contributed by atoms with van der Waals surface area (Å²) in [4.78, 5) is 18.9. The van der Waals surface area contributed by atoms with Gasteiger partial charge >= 0.3 is 5.97 Å². The highest BCUT2D eigenvalue weighted by molar-refractivity contribution is 7.15. The number of methoxy groups -OCH3 is 1. The molecule has 2 rings (SSSR count). The van der Waals surface area contributed by atoms with E-state index in [4.69, 9.17) is 0 Å². The summed E-state index contributed by atoms with van der Waals surface area (Å²) in [5.74, 6) is -0.156. The zero-order valence-corrected chi connectivity index (χ0v) is 11.5. The second-order valence-corrected chi connectivity index (χ2v) is 4.97. The van der Waals surface area contributed by atoms with Gasteiger partial charge in [0, 0.05) is 24.2 Å². The van der Waals surface area contributed by atoms with Crippen molar-refractivity contribution in [1.29, 1.82) is 0 Å². The van der Waals surface area contributed by atoms with Crippen LogP contribution < -0.4 is 4.90 Å². The fourth-order valence-corrected chi connectivity index (χ4v) is 2.76. The van der Waals surface area contributed by atoms with Gasteiger partial charge in [-0.15, -0.1) is 23.7 Å². The van der Waals surface area contributed by atoms with Crippen LogP contribution in [0.25, 0.3) is 0 Å². The summed E-state index contributed by atoms with van der Waals surface area (Å²) in [6, 6.07) is 0. The number of carbonyl (C=O) groups is 1. The summed E-state index contributed by atoms with van der Waals surface area (Å²) in [5.41, 5.74) is 0. The Hall–Kier alpha value is -0.810. The van der Waals surface area contributed by atoms with Gasteiger partial charge in [0.05, 0.1) is 13.5 Å². The summed E-state index contributed by atoms with van der Waals surface area (Å²) in [6.07, 6.45) is 5.58. The minimum absolute atomic E-state index is 0. The fourth-order valence-electron chi connectivity index (χ4n) is 1.79. The Morgan fingerprint density at radius 3 is 2.88 bits per heavy atom. The molecule has 1 saturated heterocycles. The van der Waals surface area contributed by atoms with Crippen LogP contribution in [0.4, 0.5) is 5.13 Å². The molecule has 1 fully saturated rings. The maximum atomic E-state index is 11.0. The summed E-state index contributed by atoms with van der Waals surface area (Å²) in [6.45, 7) is 2.23. The monoisotopic (exact) mass is 276 g/mol. The lowest BCUT2D eigenvalue weighted by Gasteiger charge is -2.11. The van der Waals surface area contributed by atoms with Gasteiger partial charge < -0.3 is 9.64 Å². The van der Waals surface area contributed by atoms with Crippen molar-refractivity contribution >= 4 is 34.8 Å². The first-order valence-electron chi connectivity index (χ1n) is 5.56. The van der Waals surface area contributed by atoms with E-state index in [1.54, 1.807) is 11.3 Å². The number of esters is 1. The number of nitrogens with zero attached hydrogens (tertiary/aromatic N) is 2. The molecule has 0 unspecified atom stereocenters. The van der Waals surface area contributed by atoms with E-state index in [-0.39, 0.29) is 18.4 Å². The molecule has 2 heterocycles. The van der Waals surface area contributed by atoms with Gasteiger partial charge in [0.1, 0.15) is 0 Å². The lowest BCUT2D eigenvalue weighted by molar-refractivity contribution is -0.140. The van der Waals surface area contributed by atoms with Crippen molar-refractivity contribution in [3.05, 3.63) is 11.1 Å². The molecular formula is C11H17ClN2O2S. The predicted octanol–water partition coefficient (Wildman–Crippen LogP) is 2.27. The molecular weight excluding hydrogens is 260 g/mol. The Kier molecular flexibility index (Phi) is 5.71. The number of hydrogen-bond donors (Lipinski definition) is 0. The first-order chi connectivity index (χ1) is 7.79. The number of ether oxygens (including phenoxy) is 1. The first-order valence-corrected chi connectivity index (χ1v) is 6.37. The minimum atomic E-state index is -0.156. The van der Waals surface area contributed by atoms with Gasteiger partial charge in [-0.2, -0.15) is 0 Å². The number of anilines is 1. The third-order valence-electron chi connectivity index (χ3n) is 2.72. The second-order valence-electron chi connectivity index (χ2n) is 3.88. The van der Waals surface area contributed by atoms with Crippen LogP contribution in [-0.2, 0) is 16.0 Å². The molecule has 0 aromatic carbocycles. The van der Waals surface area contributed by atoms with E-state index < -0.39 is 0 Å². The van der Waals surface area contributed by atoms with Crippen molar-refractivity contribution in [2.45, 2.75) is 25.7 Å². The van der Waals surface area contributed by atoms with Crippen LogP contribution in [-0.4, -0.2) is 31.2 Å². The topological polar surface area (TPSA) is 42.4 Å². The molecule has 1 aromatic rings. The van der Waals surface area contributed by atoms with Crippen LogP contribution in [0.15, 0.2) is 6.20 Å². The maximum Gasteiger partial charge on any atom is 0.305 e. The Morgan fingerprint density at radius 1 is 1.53 bits per heavy atom. The smallest absolute Gasteiger partial charge is 0.305 e. The molecule has 0 radical (unpaired) electrons. The van der Waals surface area contributed by atoms with Crippen LogP contribution in [0, 0.1) is 0 Å². The number of carbonyl (C=O) groups excluding carboxylic acids is 1. The SMILES string of the molecule is COC(=O)CCc1cnc(N2CCCC2)s1.Cl. The van der Waals surface area contributed by atoms with Gasteiger partial charge in [0.25, 0.3) is 0 Å². The Bertz CT molecular complexity index is 364. The van der Waals surface area contributed by atoms with Gasteiger partial charge in [-0.3, -0.25) is 4.79 Å². The molecule has 0 N–H and O–H groups in total. The lowest BCUT2D eigenvalue weighted by Crippen LogP contribution is -2.16. The average molecular weight is 277 g/mol. The number of aromatic nitrogens is 1. The zero-order valence-electron chi connectivity index (χ0n) is 9.85. The number of rotatable bonds is 4. The molecule has 4 nitrogen and oxygen atoms in total. The quantitative estimate of drug-likeness (QED) is 0.791. The van der Waals surface area contributed by atoms with Crippen molar-refractivity contribution in [1.82, 2.24) is 4.98 Å². The fraction of sp³-hybridized carbons (Fsp3) is 0.636. The van der Waals surface area contributed by atoms with E-state index in [2.05, 4.69) is 14.6 Å². The highest BCUT2D eigenvalue weighted by Crippen LogP contribution is 2.26. The van der Waals surface area contributed by atoms with E-state index in [1.165, 1.54) is 20.0 Å². The van der Waals surface area contributed by atoms with Gasteiger partial charge in [-0.25, -0.2) is 4.98 Å². The Labute approximate surface area is 111 Å². The van der Waals surface area contributed by atoms with Crippen molar-refractivity contribution in [2.24, 2.45) is 0 Å². The molecule has 0 bridgehead atoms. The molecule has 1 aliphatic heterocycles. The van der Waals surface area contributed by atoms with Crippen molar-refractivity contribution in [3.63, 3.8) is 0 Å². The van der Waals surface area contributed by atoms with E-state index in [1.807, 2.05) is 6.20 Å². The first kappa shape index (κ1) is 14.3. The van der Waals surface area contributed by atoms with Crippen LogP contribution in [0.5, 0.6) is 0 Å². The third-order valence-corrected chi connectivity index (χ3v) is 3.84. The Balaban J connectivity index is 0.00000144. The van der Waals surface area contributed by atoms with Crippen LogP contribution in [0.2, 0.25) is 0 Å². The normalized spacial score (nSPS) is 14.5. The number of thiazole rings is 1. The van der Waals surface area contributed by atoms with Crippen molar-refractivity contribution < 1.29 is 9.53 Å².